The quantitative estimate of drug-likeness (QED) is 0.304. The van der Waals surface area contributed by atoms with Crippen LogP contribution in [0.15, 0.2) is 18.2 Å². The van der Waals surface area contributed by atoms with Crippen LogP contribution in [0, 0.1) is 11.8 Å². The maximum Gasteiger partial charge on any atom is 0.326 e. The highest BCUT2D eigenvalue weighted by molar-refractivity contribution is 5.81. The highest BCUT2D eigenvalue weighted by Crippen LogP contribution is 2.31. The predicted molar refractivity (Wildman–Crippen MR) is 130 cm³/mol. The van der Waals surface area contributed by atoms with Crippen molar-refractivity contribution in [3.05, 3.63) is 23.8 Å². The van der Waals surface area contributed by atoms with Crippen LogP contribution in [0.2, 0.25) is 0 Å². The van der Waals surface area contributed by atoms with E-state index >= 15 is 0 Å². The molecule has 35 heavy (non-hydrogen) atoms. The molecule has 0 fully saturated rings. The molecule has 1 aromatic carbocycles. The number of hydrogen-bond donors (Lipinski definition) is 1. The van der Waals surface area contributed by atoms with Crippen LogP contribution < -0.4 is 15.2 Å². The normalized spacial score (nSPS) is 13.5. The molecule has 1 unspecified atom stereocenters. The van der Waals surface area contributed by atoms with Crippen LogP contribution in [0.3, 0.4) is 0 Å². The summed E-state index contributed by atoms with van der Waals surface area (Å²) >= 11 is 0. The van der Waals surface area contributed by atoms with Crippen molar-refractivity contribution in [2.75, 3.05) is 13.7 Å². The van der Waals surface area contributed by atoms with Gasteiger partial charge in [0.2, 0.25) is 0 Å². The Hall–Kier alpha value is -2.94. The lowest BCUT2D eigenvalue weighted by molar-refractivity contribution is -0.153. The standard InChI is InChI=1S/C26H39NO8/c1-7-9-22(28)34-20-12-11-19(15-21(20)35-23(29)10-8-2)16-26(27,25(31)32-6)13-14-33-24(30)18(5)17(3)4/h11-12,15,17-18H,7-10,13-14,16,27H2,1-6H3/t18-,26?/m0/s1. The van der Waals surface area contributed by atoms with E-state index in [1.54, 1.807) is 13.0 Å². The number of esters is 4. The number of carbonyl (C=O) groups is 4. The van der Waals surface area contributed by atoms with Gasteiger partial charge in [0.15, 0.2) is 11.5 Å². The molecule has 2 atom stereocenters. The smallest absolute Gasteiger partial charge is 0.326 e. The first kappa shape index (κ1) is 30.1. The summed E-state index contributed by atoms with van der Waals surface area (Å²) in [5.41, 5.74) is 5.46. The predicted octanol–water partition coefficient (Wildman–Crippen LogP) is 3.74. The minimum Gasteiger partial charge on any atom is -0.468 e. The number of ether oxygens (including phenoxy) is 4. The van der Waals surface area contributed by atoms with Gasteiger partial charge in [-0.05, 0) is 36.5 Å². The summed E-state index contributed by atoms with van der Waals surface area (Å²) in [7, 11) is 1.23. The first-order valence-corrected chi connectivity index (χ1v) is 12.1. The fourth-order valence-corrected chi connectivity index (χ4v) is 3.15. The fraction of sp³-hybridized carbons (Fsp3) is 0.615. The molecular weight excluding hydrogens is 454 g/mol. The van der Waals surface area contributed by atoms with E-state index in [0.717, 1.165) is 0 Å². The minimum atomic E-state index is -1.50. The Bertz CT molecular complexity index is 882. The van der Waals surface area contributed by atoms with E-state index in [2.05, 4.69) is 0 Å². The van der Waals surface area contributed by atoms with Crippen molar-refractivity contribution in [3.63, 3.8) is 0 Å². The van der Waals surface area contributed by atoms with Crippen LogP contribution in [-0.4, -0.2) is 43.1 Å². The Balaban J connectivity index is 3.12. The summed E-state index contributed by atoms with van der Waals surface area (Å²) < 4.78 is 21.0. The summed E-state index contributed by atoms with van der Waals surface area (Å²) in [6.07, 6.45) is 1.64. The molecule has 0 heterocycles. The van der Waals surface area contributed by atoms with E-state index in [-0.39, 0.29) is 61.6 Å². The Labute approximate surface area is 207 Å². The number of nitrogens with two attached hydrogens (primary N) is 1. The fourth-order valence-electron chi connectivity index (χ4n) is 3.15. The third-order valence-corrected chi connectivity index (χ3v) is 5.64. The average molecular weight is 494 g/mol. The highest BCUT2D eigenvalue weighted by Gasteiger charge is 2.36. The van der Waals surface area contributed by atoms with Gasteiger partial charge < -0.3 is 24.7 Å². The van der Waals surface area contributed by atoms with E-state index in [9.17, 15) is 19.2 Å². The molecule has 0 aliphatic carbocycles. The van der Waals surface area contributed by atoms with Gasteiger partial charge in [0, 0.05) is 25.7 Å². The lowest BCUT2D eigenvalue weighted by Crippen LogP contribution is -2.51. The largest absolute Gasteiger partial charge is 0.468 e. The molecule has 0 bridgehead atoms. The van der Waals surface area contributed by atoms with Crippen LogP contribution in [0.25, 0.3) is 0 Å². The van der Waals surface area contributed by atoms with E-state index < -0.39 is 23.4 Å². The van der Waals surface area contributed by atoms with Crippen molar-refractivity contribution in [1.82, 2.24) is 0 Å². The Morgan fingerprint density at radius 1 is 0.943 bits per heavy atom. The lowest BCUT2D eigenvalue weighted by atomic mass is 9.88. The van der Waals surface area contributed by atoms with Crippen LogP contribution in [0.5, 0.6) is 11.5 Å². The number of rotatable bonds is 14. The Kier molecular flexibility index (Phi) is 12.4. The van der Waals surface area contributed by atoms with E-state index in [4.69, 9.17) is 24.7 Å². The molecule has 9 heteroatoms. The van der Waals surface area contributed by atoms with Gasteiger partial charge in [-0.25, -0.2) is 0 Å². The summed E-state index contributed by atoms with van der Waals surface area (Å²) in [6.45, 7) is 9.24. The van der Waals surface area contributed by atoms with E-state index in [1.165, 1.54) is 19.2 Å². The van der Waals surface area contributed by atoms with Gasteiger partial charge in [-0.1, -0.05) is 40.7 Å². The Morgan fingerprint density at radius 2 is 1.51 bits per heavy atom. The van der Waals surface area contributed by atoms with Crippen LogP contribution in [0.4, 0.5) is 0 Å². The zero-order valence-electron chi connectivity index (χ0n) is 21.7. The maximum atomic E-state index is 12.5. The molecule has 0 amide bonds. The Morgan fingerprint density at radius 3 is 2.03 bits per heavy atom. The van der Waals surface area contributed by atoms with Gasteiger partial charge in [0.1, 0.15) is 5.54 Å². The molecule has 0 spiro atoms. The van der Waals surface area contributed by atoms with Crippen molar-refractivity contribution < 1.29 is 38.1 Å². The van der Waals surface area contributed by atoms with Crippen molar-refractivity contribution in [1.29, 1.82) is 0 Å². The van der Waals surface area contributed by atoms with Crippen LogP contribution in [0.1, 0.15) is 72.3 Å². The maximum absolute atomic E-state index is 12.5. The van der Waals surface area contributed by atoms with Crippen molar-refractivity contribution in [2.45, 2.75) is 78.7 Å². The van der Waals surface area contributed by atoms with E-state index in [0.29, 0.717) is 18.4 Å². The SMILES string of the molecule is CCCC(=O)Oc1ccc(CC(N)(CCOC(=O)[C@@H](C)C(C)C)C(=O)OC)cc1OC(=O)CCC. The molecule has 2 N–H and O–H groups in total. The highest BCUT2D eigenvalue weighted by atomic mass is 16.6. The van der Waals surface area contributed by atoms with Crippen LogP contribution >= 0.6 is 0 Å². The molecule has 0 aliphatic heterocycles. The summed E-state index contributed by atoms with van der Waals surface area (Å²) in [6, 6.07) is 4.64. The molecule has 0 saturated heterocycles. The van der Waals surface area contributed by atoms with Gasteiger partial charge in [0.25, 0.3) is 0 Å². The second-order valence-corrected chi connectivity index (χ2v) is 9.00. The third-order valence-electron chi connectivity index (χ3n) is 5.64. The molecule has 196 valence electrons. The van der Waals surface area contributed by atoms with Gasteiger partial charge >= 0.3 is 23.9 Å². The molecule has 0 aromatic heterocycles. The number of benzene rings is 1. The first-order chi connectivity index (χ1) is 16.5. The monoisotopic (exact) mass is 493 g/mol. The van der Waals surface area contributed by atoms with Crippen LogP contribution in [-0.2, 0) is 35.1 Å². The first-order valence-electron chi connectivity index (χ1n) is 12.1. The van der Waals surface area contributed by atoms with Gasteiger partial charge in [0.05, 0.1) is 19.6 Å². The van der Waals surface area contributed by atoms with Gasteiger partial charge in [-0.15, -0.1) is 0 Å². The topological polar surface area (TPSA) is 131 Å². The molecule has 0 aliphatic rings. The van der Waals surface area contributed by atoms with Crippen molar-refractivity contribution in [2.24, 2.45) is 17.6 Å². The summed E-state index contributed by atoms with van der Waals surface area (Å²) in [5, 5.41) is 0. The molecule has 1 rings (SSSR count). The summed E-state index contributed by atoms with van der Waals surface area (Å²) in [4.78, 5) is 48.8. The molecule has 1 aromatic rings. The second-order valence-electron chi connectivity index (χ2n) is 9.00. The minimum absolute atomic E-state index is 0.0124. The molecular formula is C26H39NO8. The zero-order valence-corrected chi connectivity index (χ0v) is 21.7. The number of carbonyl (C=O) groups excluding carboxylic acids is 4. The third kappa shape index (κ3) is 9.68. The van der Waals surface area contributed by atoms with Crippen molar-refractivity contribution in [3.8, 4) is 11.5 Å². The zero-order chi connectivity index (χ0) is 26.6. The number of methoxy groups -OCH3 is 1. The van der Waals surface area contributed by atoms with Crippen molar-refractivity contribution >= 4 is 23.9 Å². The second kappa shape index (κ2) is 14.5. The van der Waals surface area contributed by atoms with Gasteiger partial charge in [-0.2, -0.15) is 0 Å². The lowest BCUT2D eigenvalue weighted by Gasteiger charge is -2.27. The average Bonchev–Trinajstić information content (AvgIpc) is 2.79. The van der Waals surface area contributed by atoms with E-state index in [1.807, 2.05) is 27.7 Å². The summed E-state index contributed by atoms with van der Waals surface area (Å²) in [5.74, 6) is -1.97. The molecule has 0 radical (unpaired) electrons. The molecule has 9 nitrogen and oxygen atoms in total. The molecule has 0 saturated carbocycles. The van der Waals surface area contributed by atoms with Gasteiger partial charge in [-0.3, -0.25) is 19.2 Å². The number of hydrogen-bond acceptors (Lipinski definition) is 9.